The summed E-state index contributed by atoms with van der Waals surface area (Å²) in [6.45, 7) is 1.15. The quantitative estimate of drug-likeness (QED) is 0.707. The highest BCUT2D eigenvalue weighted by Gasteiger charge is 2.12. The number of carbonyl (C=O) groups is 2. The van der Waals surface area contributed by atoms with Crippen molar-refractivity contribution >= 4 is 11.8 Å². The van der Waals surface area contributed by atoms with Gasteiger partial charge in [0.05, 0.1) is 13.7 Å². The molecule has 0 aliphatic carbocycles. The van der Waals surface area contributed by atoms with E-state index >= 15 is 0 Å². The number of ether oxygens (including phenoxy) is 2. The molecule has 2 aromatic rings. The van der Waals surface area contributed by atoms with Crippen LogP contribution < -0.4 is 15.4 Å². The molecule has 7 nitrogen and oxygen atoms in total. The van der Waals surface area contributed by atoms with Gasteiger partial charge in [-0.25, -0.2) is 4.98 Å². The van der Waals surface area contributed by atoms with Gasteiger partial charge in [-0.15, -0.1) is 0 Å². The molecule has 0 atom stereocenters. The molecule has 0 spiro atoms. The Labute approximate surface area is 146 Å². The van der Waals surface area contributed by atoms with Crippen molar-refractivity contribution < 1.29 is 19.1 Å². The number of nitrogens with zero attached hydrogens (tertiary/aromatic N) is 1. The number of rotatable bonds is 8. The van der Waals surface area contributed by atoms with Gasteiger partial charge in [-0.2, -0.15) is 0 Å². The molecule has 132 valence electrons. The molecule has 0 unspecified atom stereocenters. The van der Waals surface area contributed by atoms with Crippen LogP contribution >= 0.6 is 0 Å². The average Bonchev–Trinajstić information content (AvgIpc) is 2.66. The topological polar surface area (TPSA) is 89.5 Å². The van der Waals surface area contributed by atoms with E-state index in [0.717, 1.165) is 11.3 Å². The lowest BCUT2D eigenvalue weighted by Crippen LogP contribution is -2.29. The van der Waals surface area contributed by atoms with E-state index in [4.69, 9.17) is 9.47 Å². The van der Waals surface area contributed by atoms with E-state index in [1.165, 1.54) is 0 Å². The first kappa shape index (κ1) is 18.4. The summed E-state index contributed by atoms with van der Waals surface area (Å²) in [5.41, 5.74) is 1.31. The van der Waals surface area contributed by atoms with E-state index in [2.05, 4.69) is 15.6 Å². The van der Waals surface area contributed by atoms with Gasteiger partial charge in [0, 0.05) is 20.2 Å². The number of nitrogens with one attached hydrogen (secondary N) is 2. The molecule has 0 radical (unpaired) electrons. The number of pyridine rings is 1. The van der Waals surface area contributed by atoms with Crippen LogP contribution in [-0.4, -0.2) is 44.2 Å². The maximum Gasteiger partial charge on any atom is 0.270 e. The summed E-state index contributed by atoms with van der Waals surface area (Å²) in [7, 11) is 3.15. The molecule has 0 fully saturated rings. The molecule has 0 bridgehead atoms. The minimum atomic E-state index is -0.346. The first-order valence-electron chi connectivity index (χ1n) is 7.79. The molecule has 1 aromatic carbocycles. The zero-order chi connectivity index (χ0) is 18.1. The first-order valence-corrected chi connectivity index (χ1v) is 7.79. The van der Waals surface area contributed by atoms with Gasteiger partial charge in [0.25, 0.3) is 11.8 Å². The number of hydrogen-bond acceptors (Lipinski definition) is 5. The van der Waals surface area contributed by atoms with Gasteiger partial charge in [0.1, 0.15) is 17.1 Å². The SMILES string of the molecule is COCCNC(=O)c1cccc(C(=O)NCc2ccc(OC)cc2)n1. The molecule has 1 aromatic heterocycles. The van der Waals surface area contributed by atoms with Gasteiger partial charge in [0.2, 0.25) is 0 Å². The highest BCUT2D eigenvalue weighted by molar-refractivity contribution is 5.96. The molecule has 1 heterocycles. The van der Waals surface area contributed by atoms with Crippen LogP contribution in [0.25, 0.3) is 0 Å². The van der Waals surface area contributed by atoms with Crippen LogP contribution in [0.2, 0.25) is 0 Å². The van der Waals surface area contributed by atoms with Crippen LogP contribution in [0.15, 0.2) is 42.5 Å². The van der Waals surface area contributed by atoms with Crippen molar-refractivity contribution in [2.45, 2.75) is 6.54 Å². The molecule has 2 rings (SSSR count). The summed E-state index contributed by atoms with van der Waals surface area (Å²) in [4.78, 5) is 28.3. The highest BCUT2D eigenvalue weighted by Crippen LogP contribution is 2.11. The van der Waals surface area contributed by atoms with E-state index in [9.17, 15) is 9.59 Å². The van der Waals surface area contributed by atoms with E-state index in [1.807, 2.05) is 24.3 Å². The lowest BCUT2D eigenvalue weighted by molar-refractivity contribution is 0.0930. The number of methoxy groups -OCH3 is 2. The van der Waals surface area contributed by atoms with E-state index in [0.29, 0.717) is 19.7 Å². The Hall–Kier alpha value is -2.93. The van der Waals surface area contributed by atoms with Crippen molar-refractivity contribution in [1.29, 1.82) is 0 Å². The van der Waals surface area contributed by atoms with Crippen molar-refractivity contribution in [2.75, 3.05) is 27.4 Å². The van der Waals surface area contributed by atoms with E-state index < -0.39 is 0 Å². The largest absolute Gasteiger partial charge is 0.497 e. The summed E-state index contributed by atoms with van der Waals surface area (Å²) >= 11 is 0. The molecule has 0 aliphatic heterocycles. The van der Waals surface area contributed by atoms with Gasteiger partial charge in [-0.05, 0) is 29.8 Å². The Morgan fingerprint density at radius 2 is 1.60 bits per heavy atom. The number of aromatic nitrogens is 1. The van der Waals surface area contributed by atoms with Gasteiger partial charge < -0.3 is 20.1 Å². The fraction of sp³-hybridized carbons (Fsp3) is 0.278. The van der Waals surface area contributed by atoms with Crippen molar-refractivity contribution in [3.05, 3.63) is 59.4 Å². The Balaban J connectivity index is 1.94. The molecule has 0 saturated heterocycles. The summed E-state index contributed by atoms with van der Waals surface area (Å²) in [5.74, 6) is 0.0631. The smallest absolute Gasteiger partial charge is 0.270 e. The normalized spacial score (nSPS) is 10.2. The fourth-order valence-electron chi connectivity index (χ4n) is 2.06. The van der Waals surface area contributed by atoms with Crippen LogP contribution in [0.4, 0.5) is 0 Å². The molecule has 0 saturated carbocycles. The Kier molecular flexibility index (Phi) is 6.91. The first-order chi connectivity index (χ1) is 12.1. The fourth-order valence-corrected chi connectivity index (χ4v) is 2.06. The van der Waals surface area contributed by atoms with Crippen LogP contribution in [-0.2, 0) is 11.3 Å². The zero-order valence-corrected chi connectivity index (χ0v) is 14.2. The third-order valence-corrected chi connectivity index (χ3v) is 3.42. The Bertz CT molecular complexity index is 717. The standard InChI is InChI=1S/C18H21N3O4/c1-24-11-10-19-17(22)15-4-3-5-16(21-15)18(23)20-12-13-6-8-14(25-2)9-7-13/h3-9H,10-12H2,1-2H3,(H,19,22)(H,20,23). The predicted octanol–water partition coefficient (Wildman–Crippen LogP) is 1.40. The zero-order valence-electron chi connectivity index (χ0n) is 14.2. The summed E-state index contributed by atoms with van der Waals surface area (Å²) in [6, 6.07) is 12.1. The lowest BCUT2D eigenvalue weighted by atomic mass is 10.2. The number of benzene rings is 1. The van der Waals surface area contributed by atoms with Crippen LogP contribution in [0.3, 0.4) is 0 Å². The van der Waals surface area contributed by atoms with Gasteiger partial charge >= 0.3 is 0 Å². The second kappa shape index (κ2) is 9.39. The monoisotopic (exact) mass is 343 g/mol. The molecule has 25 heavy (non-hydrogen) atoms. The number of amides is 2. The van der Waals surface area contributed by atoms with Crippen molar-refractivity contribution in [1.82, 2.24) is 15.6 Å². The summed E-state index contributed by atoms with van der Waals surface area (Å²) in [5, 5.41) is 5.44. The van der Waals surface area contributed by atoms with E-state index in [-0.39, 0.29) is 23.2 Å². The van der Waals surface area contributed by atoms with Gasteiger partial charge in [-0.1, -0.05) is 18.2 Å². The summed E-state index contributed by atoms with van der Waals surface area (Å²) in [6.07, 6.45) is 0. The third kappa shape index (κ3) is 5.58. The highest BCUT2D eigenvalue weighted by atomic mass is 16.5. The lowest BCUT2D eigenvalue weighted by Gasteiger charge is -2.08. The second-order valence-corrected chi connectivity index (χ2v) is 5.19. The molecular formula is C18H21N3O4. The molecular weight excluding hydrogens is 322 g/mol. The Morgan fingerprint density at radius 1 is 0.960 bits per heavy atom. The van der Waals surface area contributed by atoms with Crippen LogP contribution in [0.5, 0.6) is 5.75 Å². The van der Waals surface area contributed by atoms with Crippen molar-refractivity contribution in [2.24, 2.45) is 0 Å². The molecule has 2 N–H and O–H groups in total. The number of hydrogen-bond donors (Lipinski definition) is 2. The van der Waals surface area contributed by atoms with Crippen LogP contribution in [0.1, 0.15) is 26.5 Å². The van der Waals surface area contributed by atoms with Crippen molar-refractivity contribution in [3.63, 3.8) is 0 Å². The third-order valence-electron chi connectivity index (χ3n) is 3.42. The minimum Gasteiger partial charge on any atom is -0.497 e. The summed E-state index contributed by atoms with van der Waals surface area (Å²) < 4.78 is 9.96. The maximum atomic E-state index is 12.2. The maximum absolute atomic E-state index is 12.2. The van der Waals surface area contributed by atoms with E-state index in [1.54, 1.807) is 32.4 Å². The molecule has 2 amide bonds. The second-order valence-electron chi connectivity index (χ2n) is 5.19. The predicted molar refractivity (Wildman–Crippen MR) is 92.6 cm³/mol. The molecule has 0 aliphatic rings. The Morgan fingerprint density at radius 3 is 2.20 bits per heavy atom. The average molecular weight is 343 g/mol. The van der Waals surface area contributed by atoms with Crippen LogP contribution in [0, 0.1) is 0 Å². The number of carbonyl (C=O) groups excluding carboxylic acids is 2. The molecule has 7 heteroatoms. The van der Waals surface area contributed by atoms with Gasteiger partial charge in [-0.3, -0.25) is 9.59 Å². The minimum absolute atomic E-state index is 0.188. The van der Waals surface area contributed by atoms with Crippen molar-refractivity contribution in [3.8, 4) is 5.75 Å². The van der Waals surface area contributed by atoms with Gasteiger partial charge in [0.15, 0.2) is 0 Å².